The molecule has 18 heavy (non-hydrogen) atoms. The molecule has 0 heterocycles. The first-order valence-corrected chi connectivity index (χ1v) is 5.53. The summed E-state index contributed by atoms with van der Waals surface area (Å²) < 4.78 is 5.53. The Hall–Kier alpha value is -2.08. The molecule has 0 radical (unpaired) electrons. The maximum atomic E-state index is 11.6. The number of carbonyl (C=O) groups is 2. The molecule has 1 rings (SSSR count). The molecule has 5 N–H and O–H groups in total. The van der Waals surface area contributed by atoms with Crippen LogP contribution in [0.25, 0.3) is 0 Å². The molecule has 0 aromatic heterocycles. The standard InChI is InChI=1S/C12H17N3O3/c1-7(2)10(12(17)15-14)18-9-6-4-3-5-8(9)11(13)16/h3-7,10H,14H2,1-2H3,(H2,13,16)(H,15,17). The van der Waals surface area contributed by atoms with Crippen molar-refractivity contribution >= 4 is 11.8 Å². The van der Waals surface area contributed by atoms with Gasteiger partial charge >= 0.3 is 0 Å². The average Bonchev–Trinajstić information content (AvgIpc) is 2.34. The average molecular weight is 251 g/mol. The molecule has 0 aliphatic carbocycles. The van der Waals surface area contributed by atoms with Crippen LogP contribution in [0.5, 0.6) is 5.75 Å². The van der Waals surface area contributed by atoms with Crippen molar-refractivity contribution in [2.75, 3.05) is 0 Å². The lowest BCUT2D eigenvalue weighted by Crippen LogP contribution is -2.45. The van der Waals surface area contributed by atoms with Crippen LogP contribution < -0.4 is 21.7 Å². The molecule has 0 spiro atoms. The molecule has 6 heteroatoms. The number of carbonyl (C=O) groups excluding carboxylic acids is 2. The third-order valence-electron chi connectivity index (χ3n) is 2.41. The van der Waals surface area contributed by atoms with Crippen molar-refractivity contribution < 1.29 is 14.3 Å². The predicted octanol–water partition coefficient (Wildman–Crippen LogP) is 0.179. The third-order valence-corrected chi connectivity index (χ3v) is 2.41. The number of nitrogens with two attached hydrogens (primary N) is 2. The Kier molecular flexibility index (Phi) is 4.67. The molecule has 1 aromatic rings. The van der Waals surface area contributed by atoms with Gasteiger partial charge in [0.15, 0.2) is 6.10 Å². The molecule has 0 fully saturated rings. The molecule has 0 bridgehead atoms. The number of para-hydroxylation sites is 1. The Morgan fingerprint density at radius 2 is 1.89 bits per heavy atom. The first kappa shape index (κ1) is 14.0. The van der Waals surface area contributed by atoms with Gasteiger partial charge < -0.3 is 10.5 Å². The number of rotatable bonds is 5. The number of hydrazine groups is 1. The molecule has 1 unspecified atom stereocenters. The largest absolute Gasteiger partial charge is 0.479 e. The van der Waals surface area contributed by atoms with Gasteiger partial charge in [0, 0.05) is 0 Å². The van der Waals surface area contributed by atoms with Crippen molar-refractivity contribution in [3.8, 4) is 5.75 Å². The second-order valence-electron chi connectivity index (χ2n) is 4.15. The van der Waals surface area contributed by atoms with Crippen LogP contribution in [0.4, 0.5) is 0 Å². The van der Waals surface area contributed by atoms with Crippen LogP contribution in [-0.4, -0.2) is 17.9 Å². The zero-order valence-electron chi connectivity index (χ0n) is 10.3. The summed E-state index contributed by atoms with van der Waals surface area (Å²) in [4.78, 5) is 22.8. The number of hydrogen-bond donors (Lipinski definition) is 3. The van der Waals surface area contributed by atoms with Crippen molar-refractivity contribution in [1.29, 1.82) is 0 Å². The summed E-state index contributed by atoms with van der Waals surface area (Å²) in [6.07, 6.45) is -0.782. The normalized spacial score (nSPS) is 12.0. The Morgan fingerprint density at radius 3 is 2.39 bits per heavy atom. The van der Waals surface area contributed by atoms with Crippen LogP contribution in [0, 0.1) is 5.92 Å². The van der Waals surface area contributed by atoms with Gasteiger partial charge in [0.1, 0.15) is 5.75 Å². The summed E-state index contributed by atoms with van der Waals surface area (Å²) in [7, 11) is 0. The molecule has 98 valence electrons. The SMILES string of the molecule is CC(C)C(Oc1ccccc1C(N)=O)C(=O)NN. The van der Waals surface area contributed by atoms with Crippen molar-refractivity contribution in [3.05, 3.63) is 29.8 Å². The minimum atomic E-state index is -0.782. The number of nitrogens with one attached hydrogen (secondary N) is 1. The van der Waals surface area contributed by atoms with Crippen LogP contribution in [0.3, 0.4) is 0 Å². The lowest BCUT2D eigenvalue weighted by atomic mass is 10.1. The molecule has 0 aliphatic rings. The predicted molar refractivity (Wildman–Crippen MR) is 66.5 cm³/mol. The van der Waals surface area contributed by atoms with Gasteiger partial charge in [-0.2, -0.15) is 0 Å². The fourth-order valence-corrected chi connectivity index (χ4v) is 1.48. The Balaban J connectivity index is 3.01. The van der Waals surface area contributed by atoms with Gasteiger partial charge in [-0.15, -0.1) is 0 Å². The van der Waals surface area contributed by atoms with Crippen molar-refractivity contribution in [1.82, 2.24) is 5.43 Å². The zero-order valence-corrected chi connectivity index (χ0v) is 10.3. The van der Waals surface area contributed by atoms with Crippen molar-refractivity contribution in [3.63, 3.8) is 0 Å². The summed E-state index contributed by atoms with van der Waals surface area (Å²) >= 11 is 0. The second kappa shape index (κ2) is 6.02. The monoisotopic (exact) mass is 251 g/mol. The summed E-state index contributed by atoms with van der Waals surface area (Å²) in [5.74, 6) is 4.20. The van der Waals surface area contributed by atoms with Crippen LogP contribution in [0.15, 0.2) is 24.3 Å². The second-order valence-corrected chi connectivity index (χ2v) is 4.15. The number of primary amides is 1. The van der Waals surface area contributed by atoms with E-state index in [1.165, 1.54) is 6.07 Å². The molecule has 0 saturated heterocycles. The maximum absolute atomic E-state index is 11.6. The summed E-state index contributed by atoms with van der Waals surface area (Å²) in [6.45, 7) is 3.62. The minimum absolute atomic E-state index is 0.102. The highest BCUT2D eigenvalue weighted by molar-refractivity contribution is 5.95. The minimum Gasteiger partial charge on any atom is -0.479 e. The Labute approximate surface area is 105 Å². The first-order chi connectivity index (χ1) is 8.47. The van der Waals surface area contributed by atoms with Crippen LogP contribution in [0.2, 0.25) is 0 Å². The summed E-state index contributed by atoms with van der Waals surface area (Å²) in [6, 6.07) is 6.48. The highest BCUT2D eigenvalue weighted by Crippen LogP contribution is 2.21. The van der Waals surface area contributed by atoms with Crippen LogP contribution in [-0.2, 0) is 4.79 Å². The smallest absolute Gasteiger partial charge is 0.275 e. The highest BCUT2D eigenvalue weighted by Gasteiger charge is 2.24. The maximum Gasteiger partial charge on any atom is 0.275 e. The van der Waals surface area contributed by atoms with Gasteiger partial charge in [0.2, 0.25) is 0 Å². The van der Waals surface area contributed by atoms with E-state index in [2.05, 4.69) is 0 Å². The molecular formula is C12H17N3O3. The van der Waals surface area contributed by atoms with Gasteiger partial charge in [0.25, 0.3) is 11.8 Å². The molecular weight excluding hydrogens is 234 g/mol. The number of amides is 2. The van der Waals surface area contributed by atoms with Gasteiger partial charge in [-0.1, -0.05) is 26.0 Å². The van der Waals surface area contributed by atoms with E-state index >= 15 is 0 Å². The summed E-state index contributed by atoms with van der Waals surface area (Å²) in [5.41, 5.74) is 7.50. The molecule has 2 amide bonds. The fourth-order valence-electron chi connectivity index (χ4n) is 1.48. The zero-order chi connectivity index (χ0) is 13.7. The molecule has 1 atom stereocenters. The highest BCUT2D eigenvalue weighted by atomic mass is 16.5. The lowest BCUT2D eigenvalue weighted by molar-refractivity contribution is -0.129. The number of hydrogen-bond acceptors (Lipinski definition) is 4. The van der Waals surface area contributed by atoms with E-state index in [-0.39, 0.29) is 17.2 Å². The fraction of sp³-hybridized carbons (Fsp3) is 0.333. The van der Waals surface area contributed by atoms with E-state index < -0.39 is 17.9 Å². The van der Waals surface area contributed by atoms with Crippen molar-refractivity contribution in [2.45, 2.75) is 20.0 Å². The molecule has 1 aromatic carbocycles. The number of ether oxygens (including phenoxy) is 1. The number of benzene rings is 1. The van der Waals surface area contributed by atoms with Gasteiger partial charge in [-0.25, -0.2) is 5.84 Å². The summed E-state index contributed by atoms with van der Waals surface area (Å²) in [5, 5.41) is 0. The van der Waals surface area contributed by atoms with Crippen LogP contribution in [0.1, 0.15) is 24.2 Å². The molecule has 0 aliphatic heterocycles. The van der Waals surface area contributed by atoms with Gasteiger partial charge in [-0.05, 0) is 18.1 Å². The molecule has 0 saturated carbocycles. The van der Waals surface area contributed by atoms with Gasteiger partial charge in [0.05, 0.1) is 5.56 Å². The van der Waals surface area contributed by atoms with E-state index in [0.29, 0.717) is 0 Å². The quantitative estimate of drug-likeness (QED) is 0.394. The molecule has 6 nitrogen and oxygen atoms in total. The van der Waals surface area contributed by atoms with Crippen LogP contribution >= 0.6 is 0 Å². The topological polar surface area (TPSA) is 107 Å². The third kappa shape index (κ3) is 3.21. The Morgan fingerprint density at radius 1 is 1.28 bits per heavy atom. The van der Waals surface area contributed by atoms with E-state index in [9.17, 15) is 9.59 Å². The van der Waals surface area contributed by atoms with Crippen molar-refractivity contribution in [2.24, 2.45) is 17.5 Å². The lowest BCUT2D eigenvalue weighted by Gasteiger charge is -2.21. The van der Waals surface area contributed by atoms with E-state index in [4.69, 9.17) is 16.3 Å². The van der Waals surface area contributed by atoms with Gasteiger partial charge in [-0.3, -0.25) is 15.0 Å². The van der Waals surface area contributed by atoms with E-state index in [1.807, 2.05) is 19.3 Å². The van der Waals surface area contributed by atoms with E-state index in [0.717, 1.165) is 0 Å². The van der Waals surface area contributed by atoms with E-state index in [1.54, 1.807) is 18.2 Å². The Bertz CT molecular complexity index is 446. The first-order valence-electron chi connectivity index (χ1n) is 5.53.